The predicted molar refractivity (Wildman–Crippen MR) is 133 cm³/mol. The lowest BCUT2D eigenvalue weighted by Gasteiger charge is -2.40. The molecule has 0 aliphatic carbocycles. The maximum Gasteiger partial charge on any atom is 0.186 e. The molecule has 210 valence electrons. The molecule has 11 heteroatoms. The van der Waals surface area contributed by atoms with Crippen LogP contribution in [0.4, 0.5) is 0 Å². The maximum atomic E-state index is 12.8. The second kappa shape index (κ2) is 13.9. The molecule has 0 unspecified atom stereocenters. The lowest BCUT2D eigenvalue weighted by molar-refractivity contribution is -0.311. The Morgan fingerprint density at radius 2 is 1.50 bits per heavy atom. The van der Waals surface area contributed by atoms with E-state index in [-0.39, 0.29) is 42.3 Å². The van der Waals surface area contributed by atoms with Crippen LogP contribution in [0.15, 0.2) is 42.5 Å². The van der Waals surface area contributed by atoms with E-state index in [9.17, 15) is 45.6 Å². The Balaban J connectivity index is 1.61. The van der Waals surface area contributed by atoms with Crippen molar-refractivity contribution in [3.05, 3.63) is 53.6 Å². The summed E-state index contributed by atoms with van der Waals surface area (Å²) in [5, 5.41) is 78.8. The Bertz CT molecular complexity index is 1030. The molecule has 0 radical (unpaired) electrons. The number of phenolic OH excluding ortho intramolecular Hbond substituents is 3. The maximum absolute atomic E-state index is 12.8. The summed E-state index contributed by atoms with van der Waals surface area (Å²) in [5.74, 6) is -0.724. The molecule has 7 atom stereocenters. The zero-order valence-electron chi connectivity index (χ0n) is 20.8. The van der Waals surface area contributed by atoms with E-state index >= 15 is 0 Å². The third-order valence-electron chi connectivity index (χ3n) is 6.59. The van der Waals surface area contributed by atoms with Crippen molar-refractivity contribution < 1.29 is 55.1 Å². The van der Waals surface area contributed by atoms with Crippen LogP contribution in [-0.4, -0.2) is 96.2 Å². The van der Waals surface area contributed by atoms with Crippen LogP contribution in [0.5, 0.6) is 17.2 Å². The molecular weight excluding hydrogens is 500 g/mol. The summed E-state index contributed by atoms with van der Waals surface area (Å²) in [6, 6.07) is 10.8. The van der Waals surface area contributed by atoms with Gasteiger partial charge >= 0.3 is 0 Å². The highest BCUT2D eigenvalue weighted by Gasteiger charge is 2.44. The molecule has 2 aromatic carbocycles. The fraction of sp³-hybridized carbons (Fsp3) is 0.519. The molecule has 3 rings (SSSR count). The minimum Gasteiger partial charge on any atom is -0.508 e. The van der Waals surface area contributed by atoms with E-state index < -0.39 is 49.5 Å². The SMILES string of the molecule is O=C(C[C@@H](O)CCc1ccc(O)c(O)c1)C[C@H](CCc1ccc(O)cc1)O[C@@H]1O[C@H](CO)[C@@H](O)[C@H](O)[C@H]1O. The van der Waals surface area contributed by atoms with E-state index in [1.807, 2.05) is 0 Å². The number of aliphatic hydroxyl groups excluding tert-OH is 5. The third-order valence-corrected chi connectivity index (χ3v) is 6.59. The minimum absolute atomic E-state index is 0.106. The number of hydrogen-bond donors (Lipinski definition) is 8. The van der Waals surface area contributed by atoms with Gasteiger partial charge in [-0.2, -0.15) is 0 Å². The molecule has 2 aromatic rings. The Kier molecular flexibility index (Phi) is 10.9. The van der Waals surface area contributed by atoms with Gasteiger partial charge in [0.1, 0.15) is 35.9 Å². The van der Waals surface area contributed by atoms with Gasteiger partial charge < -0.3 is 50.3 Å². The molecule has 0 amide bonds. The van der Waals surface area contributed by atoms with E-state index in [4.69, 9.17) is 9.47 Å². The summed E-state index contributed by atoms with van der Waals surface area (Å²) in [4.78, 5) is 12.8. The zero-order chi connectivity index (χ0) is 27.8. The van der Waals surface area contributed by atoms with Gasteiger partial charge in [-0.25, -0.2) is 0 Å². The van der Waals surface area contributed by atoms with Gasteiger partial charge in [0.25, 0.3) is 0 Å². The first-order valence-electron chi connectivity index (χ1n) is 12.5. The molecule has 8 N–H and O–H groups in total. The van der Waals surface area contributed by atoms with Crippen LogP contribution in [0.1, 0.15) is 36.8 Å². The number of Topliss-reactive ketones (excluding diaryl/α,β-unsaturated/α-hetero) is 1. The highest BCUT2D eigenvalue weighted by Crippen LogP contribution is 2.27. The standard InChI is InChI=1S/C27H36O11/c28-14-23-24(34)25(35)26(36)27(38-23)37-20(9-4-15-1-6-17(29)7-2-15)13-19(31)12-18(30)8-3-16-5-10-21(32)22(33)11-16/h1-2,5-7,10-11,18,20,23-30,32-36H,3-4,8-9,12-14H2/t18-,20-,23+,24+,25-,26+,27+/m0/s1. The van der Waals surface area contributed by atoms with Gasteiger partial charge in [0.15, 0.2) is 17.8 Å². The lowest BCUT2D eigenvalue weighted by atomic mass is 9.97. The number of carbonyl (C=O) groups excluding carboxylic acids is 1. The van der Waals surface area contributed by atoms with E-state index in [0.717, 1.165) is 5.56 Å². The molecule has 1 fully saturated rings. The monoisotopic (exact) mass is 536 g/mol. The number of rotatable bonds is 13. The molecule has 1 aliphatic rings. The molecule has 11 nitrogen and oxygen atoms in total. The molecule has 0 aromatic heterocycles. The van der Waals surface area contributed by atoms with Crippen LogP contribution >= 0.6 is 0 Å². The average molecular weight is 537 g/mol. The van der Waals surface area contributed by atoms with E-state index in [0.29, 0.717) is 24.8 Å². The molecule has 1 aliphatic heterocycles. The van der Waals surface area contributed by atoms with Gasteiger partial charge in [0.05, 0.1) is 18.8 Å². The Labute approximate surface area is 220 Å². The Hall–Kier alpha value is -2.77. The van der Waals surface area contributed by atoms with Gasteiger partial charge in [-0.15, -0.1) is 0 Å². The van der Waals surface area contributed by atoms with Crippen LogP contribution in [0.2, 0.25) is 0 Å². The first-order chi connectivity index (χ1) is 18.1. The smallest absolute Gasteiger partial charge is 0.186 e. The lowest BCUT2D eigenvalue weighted by Crippen LogP contribution is -2.59. The predicted octanol–water partition coefficient (Wildman–Crippen LogP) is 0.264. The summed E-state index contributed by atoms with van der Waals surface area (Å²) in [5.41, 5.74) is 1.54. The highest BCUT2D eigenvalue weighted by molar-refractivity contribution is 5.79. The van der Waals surface area contributed by atoms with Gasteiger partial charge in [0, 0.05) is 12.8 Å². The van der Waals surface area contributed by atoms with Gasteiger partial charge in [-0.05, 0) is 61.1 Å². The average Bonchev–Trinajstić information content (AvgIpc) is 2.89. The van der Waals surface area contributed by atoms with Crippen molar-refractivity contribution in [1.29, 1.82) is 0 Å². The second-order valence-electron chi connectivity index (χ2n) is 9.62. The van der Waals surface area contributed by atoms with Gasteiger partial charge in [-0.3, -0.25) is 4.79 Å². The summed E-state index contributed by atoms with van der Waals surface area (Å²) in [6.45, 7) is -0.618. The molecule has 1 heterocycles. The van der Waals surface area contributed by atoms with Crippen molar-refractivity contribution in [1.82, 2.24) is 0 Å². The number of carbonyl (C=O) groups is 1. The largest absolute Gasteiger partial charge is 0.508 e. The highest BCUT2D eigenvalue weighted by atomic mass is 16.7. The van der Waals surface area contributed by atoms with Crippen molar-refractivity contribution in [2.75, 3.05) is 6.61 Å². The number of hydrogen-bond acceptors (Lipinski definition) is 11. The number of aromatic hydroxyl groups is 3. The topological polar surface area (TPSA) is 197 Å². The van der Waals surface area contributed by atoms with Crippen LogP contribution in [0.3, 0.4) is 0 Å². The molecule has 0 spiro atoms. The van der Waals surface area contributed by atoms with Crippen LogP contribution in [-0.2, 0) is 27.1 Å². The minimum atomic E-state index is -1.62. The normalized spacial score (nSPS) is 25.1. The number of ketones is 1. The quantitative estimate of drug-likeness (QED) is 0.164. The zero-order valence-corrected chi connectivity index (χ0v) is 20.8. The number of ether oxygens (including phenoxy) is 2. The van der Waals surface area contributed by atoms with Crippen molar-refractivity contribution in [3.63, 3.8) is 0 Å². The van der Waals surface area contributed by atoms with Crippen LogP contribution in [0, 0.1) is 0 Å². The first kappa shape index (κ1) is 29.8. The van der Waals surface area contributed by atoms with Crippen molar-refractivity contribution in [3.8, 4) is 17.2 Å². The summed E-state index contributed by atoms with van der Waals surface area (Å²) < 4.78 is 11.3. The summed E-state index contributed by atoms with van der Waals surface area (Å²) in [7, 11) is 0. The molecule has 0 bridgehead atoms. The molecule has 1 saturated heterocycles. The van der Waals surface area contributed by atoms with E-state index in [1.54, 1.807) is 18.2 Å². The molecule has 38 heavy (non-hydrogen) atoms. The van der Waals surface area contributed by atoms with E-state index in [2.05, 4.69) is 0 Å². The van der Waals surface area contributed by atoms with Crippen LogP contribution < -0.4 is 0 Å². The first-order valence-corrected chi connectivity index (χ1v) is 12.5. The fourth-order valence-corrected chi connectivity index (χ4v) is 4.34. The summed E-state index contributed by atoms with van der Waals surface area (Å²) in [6.07, 6.45) is -8.07. The molecular formula is C27H36O11. The number of benzene rings is 2. The number of phenols is 3. The Morgan fingerprint density at radius 1 is 0.842 bits per heavy atom. The van der Waals surface area contributed by atoms with E-state index in [1.165, 1.54) is 24.3 Å². The van der Waals surface area contributed by atoms with Crippen molar-refractivity contribution >= 4 is 5.78 Å². The van der Waals surface area contributed by atoms with Crippen molar-refractivity contribution in [2.24, 2.45) is 0 Å². The van der Waals surface area contributed by atoms with Gasteiger partial charge in [-0.1, -0.05) is 18.2 Å². The third kappa shape index (κ3) is 8.37. The van der Waals surface area contributed by atoms with Crippen LogP contribution in [0.25, 0.3) is 0 Å². The second-order valence-corrected chi connectivity index (χ2v) is 9.62. The Morgan fingerprint density at radius 3 is 2.16 bits per heavy atom. The molecule has 0 saturated carbocycles. The van der Waals surface area contributed by atoms with Gasteiger partial charge in [0.2, 0.25) is 0 Å². The number of aryl methyl sites for hydroxylation is 2. The summed E-state index contributed by atoms with van der Waals surface area (Å²) >= 11 is 0. The number of aliphatic hydroxyl groups is 5. The van der Waals surface area contributed by atoms with Crippen molar-refractivity contribution in [2.45, 2.75) is 81.4 Å². The fourth-order valence-electron chi connectivity index (χ4n) is 4.34.